The van der Waals surface area contributed by atoms with Gasteiger partial charge in [0.15, 0.2) is 0 Å². The Hall–Kier alpha value is -3.70. The molecule has 0 spiro atoms. The van der Waals surface area contributed by atoms with Crippen LogP contribution in [0.25, 0.3) is 21.9 Å². The molecule has 1 aromatic heterocycles. The van der Waals surface area contributed by atoms with Crippen LogP contribution in [0.4, 0.5) is 17.1 Å². The standard InChI is InChI=1S/C26H23N3O2/c1-26(2,15-30)18-7-9-22-24(13-18)28-23-12-16(6-8-21(23)25(31)29-22)19-5-3-4-17-14-27-11-10-20(17)19/h3-14,28,30H,15H2,1-2H3,(H,29,31). The zero-order valence-electron chi connectivity index (χ0n) is 17.4. The molecule has 1 amide bonds. The third-order valence-corrected chi connectivity index (χ3v) is 5.97. The summed E-state index contributed by atoms with van der Waals surface area (Å²) in [5.41, 5.74) is 5.59. The third-order valence-electron chi connectivity index (χ3n) is 5.97. The van der Waals surface area contributed by atoms with Gasteiger partial charge in [0.1, 0.15) is 0 Å². The Kier molecular flexibility index (Phi) is 4.49. The lowest BCUT2D eigenvalue weighted by Gasteiger charge is -2.23. The summed E-state index contributed by atoms with van der Waals surface area (Å²) in [6.45, 7) is 4.02. The number of carbonyl (C=O) groups is 1. The molecular weight excluding hydrogens is 386 g/mol. The van der Waals surface area contributed by atoms with Gasteiger partial charge in [0, 0.05) is 23.2 Å². The Labute approximate surface area is 180 Å². The van der Waals surface area contributed by atoms with Gasteiger partial charge in [0.2, 0.25) is 0 Å². The molecule has 0 aliphatic carbocycles. The maximum atomic E-state index is 12.9. The molecule has 2 heterocycles. The summed E-state index contributed by atoms with van der Waals surface area (Å²) in [5, 5.41) is 18.4. The summed E-state index contributed by atoms with van der Waals surface area (Å²) in [6, 6.07) is 19.8. The Balaban J connectivity index is 1.63. The lowest BCUT2D eigenvalue weighted by atomic mass is 9.85. The smallest absolute Gasteiger partial charge is 0.257 e. The molecule has 0 bridgehead atoms. The van der Waals surface area contributed by atoms with Crippen LogP contribution in [-0.2, 0) is 5.41 Å². The summed E-state index contributed by atoms with van der Waals surface area (Å²) in [7, 11) is 0. The van der Waals surface area contributed by atoms with Crippen molar-refractivity contribution in [3.8, 4) is 11.1 Å². The number of fused-ring (bicyclic) bond motifs is 3. The van der Waals surface area contributed by atoms with Crippen LogP contribution in [0.15, 0.2) is 73.1 Å². The van der Waals surface area contributed by atoms with Gasteiger partial charge in [-0.1, -0.05) is 44.2 Å². The van der Waals surface area contributed by atoms with E-state index < -0.39 is 0 Å². The molecule has 5 rings (SSSR count). The predicted octanol–water partition coefficient (Wildman–Crippen LogP) is 5.48. The number of anilines is 3. The van der Waals surface area contributed by atoms with Gasteiger partial charge in [0.25, 0.3) is 5.91 Å². The minimum Gasteiger partial charge on any atom is -0.395 e. The monoisotopic (exact) mass is 409 g/mol. The molecule has 0 unspecified atom stereocenters. The number of hydrogen-bond donors (Lipinski definition) is 3. The number of pyridine rings is 1. The summed E-state index contributed by atoms with van der Waals surface area (Å²) in [4.78, 5) is 17.1. The maximum Gasteiger partial charge on any atom is 0.257 e. The Morgan fingerprint density at radius 1 is 0.903 bits per heavy atom. The zero-order chi connectivity index (χ0) is 21.6. The van der Waals surface area contributed by atoms with Gasteiger partial charge in [-0.3, -0.25) is 9.78 Å². The number of nitrogens with zero attached hydrogens (tertiary/aromatic N) is 1. The molecule has 154 valence electrons. The van der Waals surface area contributed by atoms with Gasteiger partial charge >= 0.3 is 0 Å². The van der Waals surface area contributed by atoms with Crippen molar-refractivity contribution in [2.45, 2.75) is 19.3 Å². The van der Waals surface area contributed by atoms with Crippen molar-refractivity contribution in [3.05, 3.63) is 84.2 Å². The summed E-state index contributed by atoms with van der Waals surface area (Å²) in [5.74, 6) is -0.149. The van der Waals surface area contributed by atoms with E-state index in [2.05, 4.69) is 21.7 Å². The Bertz CT molecular complexity index is 1320. The first-order valence-corrected chi connectivity index (χ1v) is 10.3. The van der Waals surface area contributed by atoms with Crippen molar-refractivity contribution >= 4 is 33.7 Å². The fourth-order valence-corrected chi connectivity index (χ4v) is 3.99. The molecule has 4 aromatic rings. The molecule has 1 aliphatic heterocycles. The van der Waals surface area contributed by atoms with Gasteiger partial charge in [-0.25, -0.2) is 0 Å². The van der Waals surface area contributed by atoms with E-state index in [0.717, 1.165) is 44.5 Å². The second-order valence-corrected chi connectivity index (χ2v) is 8.54. The quantitative estimate of drug-likeness (QED) is 0.419. The van der Waals surface area contributed by atoms with Crippen LogP contribution >= 0.6 is 0 Å². The molecule has 0 fully saturated rings. The second kappa shape index (κ2) is 7.22. The number of benzene rings is 3. The first-order chi connectivity index (χ1) is 15.0. The molecule has 1 aliphatic rings. The lowest BCUT2D eigenvalue weighted by molar-refractivity contribution is 0.102. The molecule has 0 saturated heterocycles. The van der Waals surface area contributed by atoms with Crippen LogP contribution in [0.1, 0.15) is 29.8 Å². The number of rotatable bonds is 3. The molecule has 5 nitrogen and oxygen atoms in total. The molecule has 3 N–H and O–H groups in total. The van der Waals surface area contributed by atoms with Crippen molar-refractivity contribution in [3.63, 3.8) is 0 Å². The van der Waals surface area contributed by atoms with Gasteiger partial charge in [-0.15, -0.1) is 0 Å². The number of nitrogens with one attached hydrogen (secondary N) is 2. The topological polar surface area (TPSA) is 74.2 Å². The molecule has 0 radical (unpaired) electrons. The highest BCUT2D eigenvalue weighted by Gasteiger charge is 2.24. The largest absolute Gasteiger partial charge is 0.395 e. The summed E-state index contributed by atoms with van der Waals surface area (Å²) < 4.78 is 0. The van der Waals surface area contributed by atoms with E-state index in [1.807, 2.05) is 74.6 Å². The molecule has 0 atom stereocenters. The minimum atomic E-state index is -0.380. The van der Waals surface area contributed by atoms with Gasteiger partial charge in [-0.05, 0) is 52.4 Å². The fourth-order valence-electron chi connectivity index (χ4n) is 3.99. The normalized spacial score (nSPS) is 13.1. The van der Waals surface area contributed by atoms with E-state index in [-0.39, 0.29) is 17.9 Å². The third kappa shape index (κ3) is 3.33. The van der Waals surface area contributed by atoms with E-state index in [1.165, 1.54) is 0 Å². The predicted molar refractivity (Wildman–Crippen MR) is 125 cm³/mol. The summed E-state index contributed by atoms with van der Waals surface area (Å²) in [6.07, 6.45) is 3.65. The average Bonchev–Trinajstić information content (AvgIpc) is 2.93. The highest BCUT2D eigenvalue weighted by Crippen LogP contribution is 2.38. The number of aliphatic hydroxyl groups excluding tert-OH is 1. The van der Waals surface area contributed by atoms with Gasteiger partial charge < -0.3 is 15.7 Å². The van der Waals surface area contributed by atoms with Gasteiger partial charge in [0.05, 0.1) is 29.2 Å². The molecule has 31 heavy (non-hydrogen) atoms. The number of hydrogen-bond acceptors (Lipinski definition) is 4. The molecular formula is C26H23N3O2. The lowest BCUT2D eigenvalue weighted by Crippen LogP contribution is -2.22. The van der Waals surface area contributed by atoms with Crippen LogP contribution in [-0.4, -0.2) is 22.6 Å². The van der Waals surface area contributed by atoms with E-state index in [0.29, 0.717) is 5.56 Å². The SMILES string of the molecule is CC(C)(CO)c1ccc2c(c1)Nc1cc(-c3cccc4cnccc34)ccc1C(=O)N2. The molecule has 5 heteroatoms. The maximum absolute atomic E-state index is 12.9. The second-order valence-electron chi connectivity index (χ2n) is 8.54. The van der Waals surface area contributed by atoms with Crippen LogP contribution in [0.3, 0.4) is 0 Å². The van der Waals surface area contributed by atoms with Crippen molar-refractivity contribution in [1.29, 1.82) is 0 Å². The van der Waals surface area contributed by atoms with E-state index in [1.54, 1.807) is 6.20 Å². The number of aliphatic hydroxyl groups is 1. The van der Waals surface area contributed by atoms with Gasteiger partial charge in [-0.2, -0.15) is 0 Å². The van der Waals surface area contributed by atoms with Crippen LogP contribution in [0, 0.1) is 0 Å². The average molecular weight is 409 g/mol. The van der Waals surface area contributed by atoms with E-state index in [9.17, 15) is 9.90 Å². The number of amides is 1. The highest BCUT2D eigenvalue weighted by atomic mass is 16.3. The number of aromatic nitrogens is 1. The Morgan fingerprint density at radius 3 is 2.61 bits per heavy atom. The zero-order valence-corrected chi connectivity index (χ0v) is 17.4. The first-order valence-electron chi connectivity index (χ1n) is 10.3. The van der Waals surface area contributed by atoms with Crippen molar-refractivity contribution in [1.82, 2.24) is 4.98 Å². The fraction of sp³-hybridized carbons (Fsp3) is 0.154. The van der Waals surface area contributed by atoms with E-state index >= 15 is 0 Å². The van der Waals surface area contributed by atoms with Crippen LogP contribution < -0.4 is 10.6 Å². The van der Waals surface area contributed by atoms with Crippen LogP contribution in [0.2, 0.25) is 0 Å². The van der Waals surface area contributed by atoms with Crippen molar-refractivity contribution < 1.29 is 9.90 Å². The minimum absolute atomic E-state index is 0.0365. The Morgan fingerprint density at radius 2 is 1.77 bits per heavy atom. The van der Waals surface area contributed by atoms with Crippen molar-refractivity contribution in [2.24, 2.45) is 0 Å². The van der Waals surface area contributed by atoms with Crippen LogP contribution in [0.5, 0.6) is 0 Å². The molecule has 0 saturated carbocycles. The van der Waals surface area contributed by atoms with Crippen molar-refractivity contribution in [2.75, 3.05) is 17.2 Å². The highest BCUT2D eigenvalue weighted by molar-refractivity contribution is 6.13. The number of carbonyl (C=O) groups excluding carboxylic acids is 1. The first kappa shape index (κ1) is 19.3. The summed E-state index contributed by atoms with van der Waals surface area (Å²) >= 11 is 0. The molecule has 3 aromatic carbocycles. The van der Waals surface area contributed by atoms with E-state index in [4.69, 9.17) is 0 Å².